The van der Waals surface area contributed by atoms with Crippen LogP contribution >= 0.6 is 27.3 Å². The van der Waals surface area contributed by atoms with Crippen LogP contribution in [0.5, 0.6) is 0 Å². The molecule has 96 valence electrons. The molecule has 0 bridgehead atoms. The topological polar surface area (TPSA) is 12.9 Å². The second-order valence-corrected chi connectivity index (χ2v) is 5.86. The number of alkyl halides is 1. The van der Waals surface area contributed by atoms with Crippen LogP contribution in [0.1, 0.15) is 28.5 Å². The highest BCUT2D eigenvalue weighted by atomic mass is 79.9. The minimum absolute atomic E-state index is 0.108. The number of thiazole rings is 1. The van der Waals surface area contributed by atoms with E-state index in [0.717, 1.165) is 29.4 Å². The van der Waals surface area contributed by atoms with Gasteiger partial charge in [-0.3, -0.25) is 0 Å². The quantitative estimate of drug-likeness (QED) is 0.725. The van der Waals surface area contributed by atoms with Gasteiger partial charge in [-0.15, -0.1) is 11.3 Å². The van der Waals surface area contributed by atoms with E-state index < -0.39 is 0 Å². The molecular formula is C14H15BrFNS. The third-order valence-electron chi connectivity index (χ3n) is 3.10. The highest BCUT2D eigenvalue weighted by Crippen LogP contribution is 2.27. The van der Waals surface area contributed by atoms with Crippen molar-refractivity contribution in [1.29, 1.82) is 0 Å². The minimum Gasteiger partial charge on any atom is -0.250 e. The Hall–Kier alpha value is -0.740. The molecule has 0 spiro atoms. The summed E-state index contributed by atoms with van der Waals surface area (Å²) in [6.07, 6.45) is 1.90. The van der Waals surface area contributed by atoms with E-state index in [4.69, 9.17) is 0 Å². The van der Waals surface area contributed by atoms with Crippen molar-refractivity contribution in [3.63, 3.8) is 0 Å². The number of hydrogen-bond acceptors (Lipinski definition) is 2. The van der Waals surface area contributed by atoms with Gasteiger partial charge in [0, 0.05) is 10.2 Å². The second kappa shape index (κ2) is 6.43. The molecule has 1 nitrogen and oxygen atoms in total. The van der Waals surface area contributed by atoms with Gasteiger partial charge >= 0.3 is 0 Å². The van der Waals surface area contributed by atoms with Crippen molar-refractivity contribution in [2.75, 3.05) is 5.33 Å². The fourth-order valence-corrected chi connectivity index (χ4v) is 3.46. The van der Waals surface area contributed by atoms with Gasteiger partial charge in [0.25, 0.3) is 0 Å². The molecular weight excluding hydrogens is 313 g/mol. The molecule has 2 rings (SSSR count). The summed E-state index contributed by atoms with van der Waals surface area (Å²) in [6, 6.07) is 7.03. The Kier molecular flexibility index (Phi) is 4.89. The number of aryl methyl sites for hydroxylation is 2. The molecule has 1 aromatic carbocycles. The minimum atomic E-state index is -0.108. The predicted molar refractivity (Wildman–Crippen MR) is 78.1 cm³/mol. The monoisotopic (exact) mass is 327 g/mol. The summed E-state index contributed by atoms with van der Waals surface area (Å²) in [5.74, 6) is 0.107. The Labute approximate surface area is 119 Å². The third-order valence-corrected chi connectivity index (χ3v) is 4.87. The summed E-state index contributed by atoms with van der Waals surface area (Å²) in [6.45, 7) is 2.03. The Bertz CT molecular complexity index is 512. The molecule has 0 aliphatic rings. The molecule has 1 unspecified atom stereocenters. The standard InChI is InChI=1S/C14H15BrFNS/c1-10-14(18-9-17-10)7-6-11(8-15)12-4-2-3-5-13(12)16/h2-5,9,11H,6-8H2,1H3. The molecule has 18 heavy (non-hydrogen) atoms. The Morgan fingerprint density at radius 3 is 2.78 bits per heavy atom. The molecule has 0 aliphatic carbocycles. The van der Waals surface area contributed by atoms with Crippen LogP contribution in [0.3, 0.4) is 0 Å². The Morgan fingerprint density at radius 1 is 1.39 bits per heavy atom. The molecule has 0 saturated heterocycles. The van der Waals surface area contributed by atoms with Crippen molar-refractivity contribution < 1.29 is 4.39 Å². The fourth-order valence-electron chi connectivity index (χ4n) is 1.99. The SMILES string of the molecule is Cc1ncsc1CCC(CBr)c1ccccc1F. The highest BCUT2D eigenvalue weighted by molar-refractivity contribution is 9.09. The molecule has 0 N–H and O–H groups in total. The van der Waals surface area contributed by atoms with Crippen LogP contribution in [0.4, 0.5) is 4.39 Å². The molecule has 4 heteroatoms. The van der Waals surface area contributed by atoms with Crippen LogP contribution in [0, 0.1) is 12.7 Å². The maximum absolute atomic E-state index is 13.7. The molecule has 2 aromatic rings. The van der Waals surface area contributed by atoms with Crippen molar-refractivity contribution in [2.24, 2.45) is 0 Å². The molecule has 0 aliphatic heterocycles. The van der Waals surface area contributed by atoms with E-state index in [-0.39, 0.29) is 11.7 Å². The van der Waals surface area contributed by atoms with Gasteiger partial charge in [-0.1, -0.05) is 34.1 Å². The van der Waals surface area contributed by atoms with E-state index in [1.165, 1.54) is 10.9 Å². The largest absolute Gasteiger partial charge is 0.250 e. The summed E-state index contributed by atoms with van der Waals surface area (Å²) < 4.78 is 13.7. The van der Waals surface area contributed by atoms with Gasteiger partial charge in [0.2, 0.25) is 0 Å². The molecule has 1 aromatic heterocycles. The van der Waals surface area contributed by atoms with Gasteiger partial charge in [-0.2, -0.15) is 0 Å². The van der Waals surface area contributed by atoms with Crippen LogP contribution in [0.25, 0.3) is 0 Å². The number of aromatic nitrogens is 1. The number of rotatable bonds is 5. The lowest BCUT2D eigenvalue weighted by Crippen LogP contribution is -2.04. The molecule has 0 saturated carbocycles. The Balaban J connectivity index is 2.07. The van der Waals surface area contributed by atoms with Crippen molar-refractivity contribution in [2.45, 2.75) is 25.7 Å². The first-order valence-corrected chi connectivity index (χ1v) is 7.92. The number of benzene rings is 1. The van der Waals surface area contributed by atoms with Crippen LogP contribution in [-0.2, 0) is 6.42 Å². The zero-order valence-corrected chi connectivity index (χ0v) is 12.6. The lowest BCUT2D eigenvalue weighted by molar-refractivity contribution is 0.578. The fraction of sp³-hybridized carbons (Fsp3) is 0.357. The molecule has 1 heterocycles. The van der Waals surface area contributed by atoms with E-state index in [9.17, 15) is 4.39 Å². The first-order valence-electron chi connectivity index (χ1n) is 5.91. The van der Waals surface area contributed by atoms with E-state index in [2.05, 4.69) is 20.9 Å². The third kappa shape index (κ3) is 3.18. The van der Waals surface area contributed by atoms with E-state index >= 15 is 0 Å². The van der Waals surface area contributed by atoms with Crippen LogP contribution in [0.2, 0.25) is 0 Å². The lowest BCUT2D eigenvalue weighted by atomic mass is 9.95. The van der Waals surface area contributed by atoms with Crippen molar-refractivity contribution >= 4 is 27.3 Å². The summed E-state index contributed by atoms with van der Waals surface area (Å²) in [5.41, 5.74) is 3.77. The van der Waals surface area contributed by atoms with Gasteiger partial charge in [0.15, 0.2) is 0 Å². The van der Waals surface area contributed by atoms with Gasteiger partial charge in [0.1, 0.15) is 5.82 Å². The number of hydrogen-bond donors (Lipinski definition) is 0. The first-order chi connectivity index (χ1) is 8.72. The van der Waals surface area contributed by atoms with Gasteiger partial charge in [0.05, 0.1) is 11.2 Å². The summed E-state index contributed by atoms with van der Waals surface area (Å²) in [4.78, 5) is 5.55. The molecule has 0 amide bonds. The van der Waals surface area contributed by atoms with Crippen LogP contribution in [-0.4, -0.2) is 10.3 Å². The zero-order chi connectivity index (χ0) is 13.0. The summed E-state index contributed by atoms with van der Waals surface area (Å²) >= 11 is 5.17. The zero-order valence-electron chi connectivity index (χ0n) is 10.2. The number of nitrogens with zero attached hydrogens (tertiary/aromatic N) is 1. The van der Waals surface area contributed by atoms with Gasteiger partial charge in [-0.05, 0) is 37.3 Å². The van der Waals surface area contributed by atoms with Gasteiger partial charge < -0.3 is 0 Å². The average Bonchev–Trinajstić information content (AvgIpc) is 2.78. The maximum atomic E-state index is 13.7. The predicted octanol–water partition coefficient (Wildman–Crippen LogP) is 4.70. The summed E-state index contributed by atoms with van der Waals surface area (Å²) in [7, 11) is 0. The number of halogens is 2. The average molecular weight is 328 g/mol. The van der Waals surface area contributed by atoms with Crippen LogP contribution in [0.15, 0.2) is 29.8 Å². The Morgan fingerprint density at radius 2 is 2.17 bits per heavy atom. The molecule has 1 atom stereocenters. The van der Waals surface area contributed by atoms with Crippen molar-refractivity contribution in [3.05, 3.63) is 51.7 Å². The van der Waals surface area contributed by atoms with Crippen LogP contribution < -0.4 is 0 Å². The van der Waals surface area contributed by atoms with Gasteiger partial charge in [-0.25, -0.2) is 9.37 Å². The van der Waals surface area contributed by atoms with E-state index in [1.807, 2.05) is 24.6 Å². The van der Waals surface area contributed by atoms with Crippen molar-refractivity contribution in [3.8, 4) is 0 Å². The smallest absolute Gasteiger partial charge is 0.126 e. The molecule has 0 radical (unpaired) electrons. The highest BCUT2D eigenvalue weighted by Gasteiger charge is 2.15. The van der Waals surface area contributed by atoms with E-state index in [1.54, 1.807) is 17.4 Å². The second-order valence-electron chi connectivity index (χ2n) is 4.27. The van der Waals surface area contributed by atoms with Crippen molar-refractivity contribution in [1.82, 2.24) is 4.98 Å². The molecule has 0 fully saturated rings. The maximum Gasteiger partial charge on any atom is 0.126 e. The first kappa shape index (κ1) is 13.7. The normalized spacial score (nSPS) is 12.6. The van der Waals surface area contributed by atoms with E-state index in [0.29, 0.717) is 0 Å². The summed E-state index contributed by atoms with van der Waals surface area (Å²) in [5, 5.41) is 0.784. The lowest BCUT2D eigenvalue weighted by Gasteiger charge is -2.14.